The molecule has 0 fully saturated rings. The normalized spacial score (nSPS) is 9.72. The van der Waals surface area contributed by atoms with Crippen LogP contribution in [0.3, 0.4) is 0 Å². The van der Waals surface area contributed by atoms with Gasteiger partial charge in [0.1, 0.15) is 5.75 Å². The van der Waals surface area contributed by atoms with Gasteiger partial charge >= 0.3 is 5.97 Å². The van der Waals surface area contributed by atoms with Gasteiger partial charge in [-0.2, -0.15) is 0 Å². The minimum atomic E-state index is -0.377. The highest BCUT2D eigenvalue weighted by molar-refractivity contribution is 6.30. The highest BCUT2D eigenvalue weighted by atomic mass is 35.5. The zero-order valence-corrected chi connectivity index (χ0v) is 10.9. The number of methoxy groups -OCH3 is 2. The molecule has 0 saturated heterocycles. The van der Waals surface area contributed by atoms with E-state index in [-0.39, 0.29) is 24.8 Å². The maximum atomic E-state index is 11.8. The van der Waals surface area contributed by atoms with E-state index in [1.165, 1.54) is 14.2 Å². The average Bonchev–Trinajstić information content (AvgIpc) is 2.37. The van der Waals surface area contributed by atoms with Crippen molar-refractivity contribution >= 4 is 23.5 Å². The quantitative estimate of drug-likeness (QED) is 0.827. The monoisotopic (exact) mass is 271 g/mol. The number of carbonyl (C=O) groups is 2. The Morgan fingerprint density at radius 3 is 2.67 bits per heavy atom. The molecule has 98 valence electrons. The molecule has 0 bridgehead atoms. The molecule has 1 rings (SSSR count). The average molecular weight is 272 g/mol. The minimum Gasteiger partial charge on any atom is -0.496 e. The summed E-state index contributed by atoms with van der Waals surface area (Å²) in [6.07, 6.45) is 0.123. The summed E-state index contributed by atoms with van der Waals surface area (Å²) < 4.78 is 9.52. The summed E-state index contributed by atoms with van der Waals surface area (Å²) in [6.45, 7) is 0.206. The summed E-state index contributed by atoms with van der Waals surface area (Å²) in [7, 11) is 2.75. The predicted molar refractivity (Wildman–Crippen MR) is 67.0 cm³/mol. The van der Waals surface area contributed by atoms with Crippen LogP contribution in [0.1, 0.15) is 16.8 Å². The van der Waals surface area contributed by atoms with Gasteiger partial charge in [-0.05, 0) is 18.2 Å². The highest BCUT2D eigenvalue weighted by Gasteiger charge is 2.12. The first-order valence-corrected chi connectivity index (χ1v) is 5.65. The Bertz CT molecular complexity index is 448. The third-order valence-electron chi connectivity index (χ3n) is 2.25. The summed E-state index contributed by atoms with van der Waals surface area (Å²) in [5.41, 5.74) is 0.367. The number of hydrogen-bond acceptors (Lipinski definition) is 4. The Labute approximate surface area is 110 Å². The van der Waals surface area contributed by atoms with E-state index in [9.17, 15) is 9.59 Å². The summed E-state index contributed by atoms with van der Waals surface area (Å²) in [5, 5.41) is 3.08. The standard InChI is InChI=1S/C12H14ClNO4/c1-17-10-7-8(13)3-4-9(10)12(16)14-6-5-11(15)18-2/h3-4,7H,5-6H2,1-2H3,(H,14,16). The van der Waals surface area contributed by atoms with E-state index in [2.05, 4.69) is 10.1 Å². The zero-order valence-electron chi connectivity index (χ0n) is 10.2. The van der Waals surface area contributed by atoms with Gasteiger partial charge in [-0.3, -0.25) is 9.59 Å². The van der Waals surface area contributed by atoms with E-state index in [4.69, 9.17) is 16.3 Å². The van der Waals surface area contributed by atoms with Crippen LogP contribution < -0.4 is 10.1 Å². The number of ether oxygens (including phenoxy) is 2. The molecular weight excluding hydrogens is 258 g/mol. The molecule has 1 N–H and O–H groups in total. The van der Waals surface area contributed by atoms with Crippen molar-refractivity contribution in [2.75, 3.05) is 20.8 Å². The molecule has 0 radical (unpaired) electrons. The number of carbonyl (C=O) groups excluding carboxylic acids is 2. The Kier molecular flexibility index (Phi) is 5.45. The van der Waals surface area contributed by atoms with Crippen molar-refractivity contribution in [1.82, 2.24) is 5.32 Å². The van der Waals surface area contributed by atoms with Crippen LogP contribution in [-0.4, -0.2) is 32.6 Å². The molecule has 0 spiro atoms. The van der Waals surface area contributed by atoms with Crippen LogP contribution >= 0.6 is 11.6 Å². The Balaban J connectivity index is 2.64. The van der Waals surface area contributed by atoms with E-state index in [1.807, 2.05) is 0 Å². The first-order valence-electron chi connectivity index (χ1n) is 5.27. The van der Waals surface area contributed by atoms with Crippen LogP contribution in [0, 0.1) is 0 Å². The molecule has 0 aromatic heterocycles. The minimum absolute atomic E-state index is 0.123. The van der Waals surface area contributed by atoms with Gasteiger partial charge in [0.15, 0.2) is 0 Å². The second-order valence-electron chi connectivity index (χ2n) is 3.43. The van der Waals surface area contributed by atoms with Crippen molar-refractivity contribution in [2.45, 2.75) is 6.42 Å². The van der Waals surface area contributed by atoms with Gasteiger partial charge in [0.25, 0.3) is 5.91 Å². The number of rotatable bonds is 5. The van der Waals surface area contributed by atoms with Gasteiger partial charge in [-0.1, -0.05) is 11.6 Å². The number of hydrogen-bond donors (Lipinski definition) is 1. The Hall–Kier alpha value is -1.75. The Morgan fingerprint density at radius 1 is 1.33 bits per heavy atom. The summed E-state index contributed by atoms with van der Waals surface area (Å²) >= 11 is 5.79. The molecule has 0 saturated carbocycles. The first-order chi connectivity index (χ1) is 8.58. The molecule has 0 atom stereocenters. The summed E-state index contributed by atoms with van der Waals surface area (Å²) in [6, 6.07) is 4.71. The summed E-state index contributed by atoms with van der Waals surface area (Å²) in [5.74, 6) is -0.316. The van der Waals surface area contributed by atoms with Gasteiger partial charge in [0.05, 0.1) is 26.2 Å². The fourth-order valence-corrected chi connectivity index (χ4v) is 1.49. The first kappa shape index (κ1) is 14.3. The van der Waals surface area contributed by atoms with Crippen molar-refractivity contribution < 1.29 is 19.1 Å². The number of halogens is 1. The maximum absolute atomic E-state index is 11.8. The molecule has 0 aliphatic heterocycles. The van der Waals surface area contributed by atoms with Gasteiger partial charge < -0.3 is 14.8 Å². The van der Waals surface area contributed by atoms with Crippen molar-refractivity contribution in [1.29, 1.82) is 0 Å². The van der Waals surface area contributed by atoms with Gasteiger partial charge in [-0.25, -0.2) is 0 Å². The molecule has 1 amide bonds. The fraction of sp³-hybridized carbons (Fsp3) is 0.333. The molecule has 1 aromatic carbocycles. The second kappa shape index (κ2) is 6.86. The number of benzene rings is 1. The molecule has 0 heterocycles. The highest BCUT2D eigenvalue weighted by Crippen LogP contribution is 2.22. The lowest BCUT2D eigenvalue weighted by atomic mass is 10.2. The molecule has 6 heteroatoms. The number of esters is 1. The lowest BCUT2D eigenvalue weighted by Crippen LogP contribution is -2.26. The molecular formula is C12H14ClNO4. The van der Waals surface area contributed by atoms with Crippen LogP contribution in [0.4, 0.5) is 0 Å². The molecule has 0 aliphatic rings. The Morgan fingerprint density at radius 2 is 2.06 bits per heavy atom. The molecule has 0 unspecified atom stereocenters. The lowest BCUT2D eigenvalue weighted by Gasteiger charge is -2.09. The third-order valence-corrected chi connectivity index (χ3v) is 2.49. The lowest BCUT2D eigenvalue weighted by molar-refractivity contribution is -0.140. The molecule has 1 aromatic rings. The summed E-state index contributed by atoms with van der Waals surface area (Å²) in [4.78, 5) is 22.7. The van der Waals surface area contributed by atoms with Crippen molar-refractivity contribution in [3.05, 3.63) is 28.8 Å². The number of nitrogens with one attached hydrogen (secondary N) is 1. The van der Waals surface area contributed by atoms with E-state index in [1.54, 1.807) is 18.2 Å². The smallest absolute Gasteiger partial charge is 0.307 e. The van der Waals surface area contributed by atoms with Crippen LogP contribution in [0.2, 0.25) is 5.02 Å². The third kappa shape index (κ3) is 3.92. The van der Waals surface area contributed by atoms with Crippen molar-refractivity contribution in [2.24, 2.45) is 0 Å². The molecule has 5 nitrogen and oxygen atoms in total. The number of amides is 1. The van der Waals surface area contributed by atoms with E-state index in [0.29, 0.717) is 16.3 Å². The van der Waals surface area contributed by atoms with Crippen LogP contribution in [0.15, 0.2) is 18.2 Å². The van der Waals surface area contributed by atoms with E-state index in [0.717, 1.165) is 0 Å². The zero-order chi connectivity index (χ0) is 13.5. The van der Waals surface area contributed by atoms with Crippen LogP contribution in [-0.2, 0) is 9.53 Å². The van der Waals surface area contributed by atoms with E-state index < -0.39 is 0 Å². The van der Waals surface area contributed by atoms with Crippen molar-refractivity contribution in [3.8, 4) is 5.75 Å². The van der Waals surface area contributed by atoms with Crippen molar-refractivity contribution in [3.63, 3.8) is 0 Å². The van der Waals surface area contributed by atoms with Crippen LogP contribution in [0.5, 0.6) is 5.75 Å². The van der Waals surface area contributed by atoms with Gasteiger partial charge in [0, 0.05) is 11.6 Å². The molecule has 18 heavy (non-hydrogen) atoms. The predicted octanol–water partition coefficient (Wildman–Crippen LogP) is 1.64. The van der Waals surface area contributed by atoms with Gasteiger partial charge in [0.2, 0.25) is 0 Å². The van der Waals surface area contributed by atoms with E-state index >= 15 is 0 Å². The molecule has 0 aliphatic carbocycles. The largest absolute Gasteiger partial charge is 0.496 e. The SMILES string of the molecule is COC(=O)CCNC(=O)c1ccc(Cl)cc1OC. The topological polar surface area (TPSA) is 64.6 Å². The van der Waals surface area contributed by atoms with Gasteiger partial charge in [-0.15, -0.1) is 0 Å². The second-order valence-corrected chi connectivity index (χ2v) is 3.86. The fourth-order valence-electron chi connectivity index (χ4n) is 1.33. The maximum Gasteiger partial charge on any atom is 0.307 e. The van der Waals surface area contributed by atoms with Crippen LogP contribution in [0.25, 0.3) is 0 Å².